The van der Waals surface area contributed by atoms with Crippen molar-refractivity contribution in [3.63, 3.8) is 0 Å². The number of methoxy groups -OCH3 is 1. The highest BCUT2D eigenvalue weighted by Crippen LogP contribution is 2.28. The lowest BCUT2D eigenvalue weighted by atomic mass is 10.1. The Hall–Kier alpha value is -3.49. The molecule has 0 atom stereocenters. The Morgan fingerprint density at radius 2 is 1.81 bits per heavy atom. The minimum Gasteiger partial charge on any atom is -0.465 e. The third kappa shape index (κ3) is 4.87. The third-order valence-electron chi connectivity index (χ3n) is 4.79. The minimum atomic E-state index is -0.393. The first-order chi connectivity index (χ1) is 15.5. The van der Waals surface area contributed by atoms with Crippen molar-refractivity contribution < 1.29 is 9.53 Å². The third-order valence-corrected chi connectivity index (χ3v) is 6.00. The molecule has 2 aromatic carbocycles. The fourth-order valence-electron chi connectivity index (χ4n) is 3.28. The lowest BCUT2D eigenvalue weighted by Crippen LogP contribution is -2.28. The van der Waals surface area contributed by atoms with Gasteiger partial charge < -0.3 is 15.4 Å². The standard InChI is InChI=1S/C24H22N4O2S2/c1-16-13-20(23(29)30-2)22(32-16)26-24(31)25-14-18-15-28(19-11-7-4-8-12-19)27-21(18)17-9-5-3-6-10-17/h3-13,15H,14H2,1-2H3,(H2,25,26,31). The predicted molar refractivity (Wildman–Crippen MR) is 132 cm³/mol. The van der Waals surface area contributed by atoms with Gasteiger partial charge in [0.1, 0.15) is 5.00 Å². The number of nitrogens with one attached hydrogen (secondary N) is 2. The number of ether oxygens (including phenoxy) is 1. The van der Waals surface area contributed by atoms with E-state index in [-0.39, 0.29) is 0 Å². The van der Waals surface area contributed by atoms with Gasteiger partial charge in [-0.2, -0.15) is 5.10 Å². The molecule has 162 valence electrons. The average molecular weight is 463 g/mol. The highest BCUT2D eigenvalue weighted by molar-refractivity contribution is 7.80. The van der Waals surface area contributed by atoms with Gasteiger partial charge >= 0.3 is 5.97 Å². The zero-order valence-electron chi connectivity index (χ0n) is 17.7. The number of benzene rings is 2. The molecule has 0 spiro atoms. The fourth-order valence-corrected chi connectivity index (χ4v) is 4.43. The van der Waals surface area contributed by atoms with Crippen molar-refractivity contribution in [2.24, 2.45) is 0 Å². The summed E-state index contributed by atoms with van der Waals surface area (Å²) in [5, 5.41) is 12.3. The molecule has 0 saturated heterocycles. The van der Waals surface area contributed by atoms with E-state index in [0.29, 0.717) is 22.2 Å². The topological polar surface area (TPSA) is 68.2 Å². The van der Waals surface area contributed by atoms with E-state index in [9.17, 15) is 4.79 Å². The summed E-state index contributed by atoms with van der Waals surface area (Å²) in [4.78, 5) is 13.0. The number of esters is 1. The van der Waals surface area contributed by atoms with Crippen LogP contribution in [0.4, 0.5) is 5.00 Å². The average Bonchev–Trinajstić information content (AvgIpc) is 3.41. The van der Waals surface area contributed by atoms with Gasteiger partial charge in [-0.25, -0.2) is 9.48 Å². The number of hydrogen-bond acceptors (Lipinski definition) is 5. The Morgan fingerprint density at radius 1 is 1.12 bits per heavy atom. The number of thiophene rings is 1. The number of thiocarbonyl (C=S) groups is 1. The van der Waals surface area contributed by atoms with Crippen molar-refractivity contribution in [1.82, 2.24) is 15.1 Å². The van der Waals surface area contributed by atoms with Crippen LogP contribution >= 0.6 is 23.6 Å². The van der Waals surface area contributed by atoms with Crippen molar-refractivity contribution in [2.45, 2.75) is 13.5 Å². The summed E-state index contributed by atoms with van der Waals surface area (Å²) in [7, 11) is 1.37. The predicted octanol–water partition coefficient (Wildman–Crippen LogP) is 5.18. The van der Waals surface area contributed by atoms with Crippen LogP contribution in [-0.2, 0) is 11.3 Å². The molecule has 8 heteroatoms. The van der Waals surface area contributed by atoms with E-state index in [1.165, 1.54) is 18.4 Å². The monoisotopic (exact) mass is 462 g/mol. The van der Waals surface area contributed by atoms with Gasteiger partial charge in [-0.15, -0.1) is 11.3 Å². The summed E-state index contributed by atoms with van der Waals surface area (Å²) >= 11 is 6.95. The van der Waals surface area contributed by atoms with Crippen molar-refractivity contribution >= 4 is 39.6 Å². The van der Waals surface area contributed by atoms with Gasteiger partial charge in [0.05, 0.1) is 24.1 Å². The molecule has 0 unspecified atom stereocenters. The smallest absolute Gasteiger partial charge is 0.340 e. The molecule has 2 N–H and O–H groups in total. The van der Waals surface area contributed by atoms with Crippen LogP contribution in [0, 0.1) is 6.92 Å². The van der Waals surface area contributed by atoms with Crippen LogP contribution in [0.25, 0.3) is 16.9 Å². The second-order valence-electron chi connectivity index (χ2n) is 7.05. The number of carbonyl (C=O) groups is 1. The Labute approximate surface area is 195 Å². The summed E-state index contributed by atoms with van der Waals surface area (Å²) in [5.41, 5.74) is 4.36. The largest absolute Gasteiger partial charge is 0.465 e. The number of aromatic nitrogens is 2. The SMILES string of the molecule is COC(=O)c1cc(C)sc1NC(=S)NCc1cn(-c2ccccc2)nc1-c1ccccc1. The lowest BCUT2D eigenvalue weighted by molar-refractivity contribution is 0.0602. The molecule has 2 heterocycles. The summed E-state index contributed by atoms with van der Waals surface area (Å²) in [5.74, 6) is -0.393. The van der Waals surface area contributed by atoms with Gasteiger partial charge in [-0.1, -0.05) is 48.5 Å². The number of para-hydroxylation sites is 1. The number of anilines is 1. The molecule has 0 aliphatic carbocycles. The first-order valence-electron chi connectivity index (χ1n) is 9.98. The molecular formula is C24H22N4O2S2. The maximum Gasteiger partial charge on any atom is 0.340 e. The number of hydrogen-bond donors (Lipinski definition) is 2. The molecule has 2 aromatic heterocycles. The Morgan fingerprint density at radius 3 is 2.50 bits per heavy atom. The summed E-state index contributed by atoms with van der Waals surface area (Å²) < 4.78 is 6.73. The maximum absolute atomic E-state index is 12.0. The van der Waals surface area contributed by atoms with Crippen molar-refractivity contribution in [3.05, 3.63) is 88.9 Å². The zero-order valence-corrected chi connectivity index (χ0v) is 19.3. The van der Waals surface area contributed by atoms with Crippen molar-refractivity contribution in [2.75, 3.05) is 12.4 Å². The van der Waals surface area contributed by atoms with Crippen LogP contribution < -0.4 is 10.6 Å². The van der Waals surface area contributed by atoms with Crippen LogP contribution in [0.3, 0.4) is 0 Å². The van der Waals surface area contributed by atoms with E-state index in [1.807, 2.05) is 78.5 Å². The summed E-state index contributed by atoms with van der Waals surface area (Å²) in [6, 6.07) is 21.8. The maximum atomic E-state index is 12.0. The Kier molecular flexibility index (Phi) is 6.63. The number of aryl methyl sites for hydroxylation is 1. The second-order valence-corrected chi connectivity index (χ2v) is 8.71. The van der Waals surface area contributed by atoms with Gasteiger partial charge in [0, 0.05) is 28.7 Å². The molecule has 0 amide bonds. The van der Waals surface area contributed by atoms with Crippen LogP contribution in [0.1, 0.15) is 20.8 Å². The Bertz CT molecular complexity index is 1230. The fraction of sp³-hybridized carbons (Fsp3) is 0.125. The van der Waals surface area contributed by atoms with E-state index >= 15 is 0 Å². The van der Waals surface area contributed by atoms with Gasteiger partial charge in [-0.3, -0.25) is 0 Å². The molecule has 0 radical (unpaired) electrons. The molecule has 6 nitrogen and oxygen atoms in total. The first-order valence-corrected chi connectivity index (χ1v) is 11.2. The zero-order chi connectivity index (χ0) is 22.5. The van der Waals surface area contributed by atoms with E-state index in [2.05, 4.69) is 10.6 Å². The van der Waals surface area contributed by atoms with Crippen LogP contribution in [0.5, 0.6) is 0 Å². The second kappa shape index (κ2) is 9.76. The van der Waals surface area contributed by atoms with Crippen molar-refractivity contribution in [3.8, 4) is 16.9 Å². The molecule has 4 rings (SSSR count). The molecular weight excluding hydrogens is 440 g/mol. The first kappa shape index (κ1) is 21.7. The van der Waals surface area contributed by atoms with E-state index in [4.69, 9.17) is 22.1 Å². The number of nitrogens with zero attached hydrogens (tertiary/aromatic N) is 2. The molecule has 0 aliphatic heterocycles. The van der Waals surface area contributed by atoms with Gasteiger partial charge in [-0.05, 0) is 37.3 Å². The van der Waals surface area contributed by atoms with Crippen LogP contribution in [-0.4, -0.2) is 28.0 Å². The highest BCUT2D eigenvalue weighted by Gasteiger charge is 2.17. The molecule has 0 fully saturated rings. The normalized spacial score (nSPS) is 10.6. The number of rotatable bonds is 6. The molecule has 4 aromatic rings. The van der Waals surface area contributed by atoms with Crippen molar-refractivity contribution in [1.29, 1.82) is 0 Å². The molecule has 0 saturated carbocycles. The van der Waals surface area contributed by atoms with Gasteiger partial charge in [0.15, 0.2) is 5.11 Å². The summed E-state index contributed by atoms with van der Waals surface area (Å²) in [6.07, 6.45) is 2.00. The van der Waals surface area contributed by atoms with E-state index in [0.717, 1.165) is 27.4 Å². The lowest BCUT2D eigenvalue weighted by Gasteiger charge is -2.10. The molecule has 0 aliphatic rings. The van der Waals surface area contributed by atoms with Crippen LogP contribution in [0.2, 0.25) is 0 Å². The van der Waals surface area contributed by atoms with Gasteiger partial charge in [0.25, 0.3) is 0 Å². The molecule has 32 heavy (non-hydrogen) atoms. The molecule has 0 bridgehead atoms. The van der Waals surface area contributed by atoms with Gasteiger partial charge in [0.2, 0.25) is 0 Å². The van der Waals surface area contributed by atoms with E-state index < -0.39 is 5.97 Å². The van der Waals surface area contributed by atoms with E-state index in [1.54, 1.807) is 6.07 Å². The number of carbonyl (C=O) groups excluding carboxylic acids is 1. The highest BCUT2D eigenvalue weighted by atomic mass is 32.1. The summed E-state index contributed by atoms with van der Waals surface area (Å²) in [6.45, 7) is 2.41. The van der Waals surface area contributed by atoms with Crippen LogP contribution in [0.15, 0.2) is 72.9 Å². The Balaban J connectivity index is 1.55. The quantitative estimate of drug-likeness (QED) is 0.304. The minimum absolute atomic E-state index is 0.393.